The molecule has 0 aliphatic rings. The second-order valence-electron chi connectivity index (χ2n) is 22.8. The van der Waals surface area contributed by atoms with Gasteiger partial charge in [-0.3, -0.25) is 9.59 Å². The van der Waals surface area contributed by atoms with Crippen LogP contribution in [0, 0.1) is 0 Å². The lowest BCUT2D eigenvalue weighted by Gasteiger charge is -2.11. The number of hydrogen-bond acceptors (Lipinski definition) is 7. The lowest BCUT2D eigenvalue weighted by molar-refractivity contribution is 0.103. The molecule has 7 heteroatoms. The van der Waals surface area contributed by atoms with Gasteiger partial charge in [-0.15, -0.1) is 22.7 Å². The quantitative estimate of drug-likeness (QED) is 0.0282. The van der Waals surface area contributed by atoms with Gasteiger partial charge < -0.3 is 0 Å². The summed E-state index contributed by atoms with van der Waals surface area (Å²) >= 11 is 3.20. The monoisotopic (exact) mass is 1110 g/mol. The molecule has 0 bridgehead atoms. The van der Waals surface area contributed by atoms with Gasteiger partial charge in [0.25, 0.3) is 0 Å². The van der Waals surface area contributed by atoms with Crippen LogP contribution in [-0.2, 0) is 12.8 Å². The van der Waals surface area contributed by atoms with Gasteiger partial charge in [0.15, 0.2) is 11.6 Å². The van der Waals surface area contributed by atoms with Crippen molar-refractivity contribution in [2.24, 2.45) is 0 Å². The Labute approximate surface area is 491 Å². The fourth-order valence-corrected chi connectivity index (χ4v) is 12.5. The molecule has 0 unspecified atom stereocenters. The first-order valence-corrected chi connectivity index (χ1v) is 33.6. The first-order chi connectivity index (χ1) is 39.5. The van der Waals surface area contributed by atoms with Crippen LogP contribution in [0.3, 0.4) is 0 Å². The van der Waals surface area contributed by atoms with Crippen molar-refractivity contribution in [3.05, 3.63) is 159 Å². The number of aryl methyl sites for hydroxylation is 2. The Morgan fingerprint density at radius 1 is 0.300 bits per heavy atom. The molecule has 0 radical (unpaired) electrons. The molecule has 0 fully saturated rings. The number of carbonyl (C=O) groups excluding carboxylic acids is 2. The van der Waals surface area contributed by atoms with Crippen molar-refractivity contribution in [1.82, 2.24) is 15.0 Å². The molecule has 0 amide bonds. The van der Waals surface area contributed by atoms with Gasteiger partial charge in [-0.05, 0) is 96.1 Å². The van der Waals surface area contributed by atoms with Crippen molar-refractivity contribution in [3.8, 4) is 43.9 Å². The first kappa shape index (κ1) is 62.2. The predicted octanol–water partition coefficient (Wildman–Crippen LogP) is 22.7. The summed E-state index contributed by atoms with van der Waals surface area (Å²) in [5.41, 5.74) is 8.93. The number of nitrogens with zero attached hydrogens (tertiary/aromatic N) is 3. The highest BCUT2D eigenvalue weighted by atomic mass is 32.1. The van der Waals surface area contributed by atoms with E-state index in [1.54, 1.807) is 22.7 Å². The zero-order valence-corrected chi connectivity index (χ0v) is 50.8. The molecule has 2 aromatic carbocycles. The summed E-state index contributed by atoms with van der Waals surface area (Å²) in [5, 5.41) is 4.06. The third-order valence-electron chi connectivity index (χ3n) is 16.1. The number of benzene rings is 2. The van der Waals surface area contributed by atoms with Crippen molar-refractivity contribution < 1.29 is 9.59 Å². The Hall–Kier alpha value is -5.37. The van der Waals surface area contributed by atoms with Gasteiger partial charge in [0.05, 0.1) is 43.9 Å². The summed E-state index contributed by atoms with van der Waals surface area (Å²) in [6, 6.07) is 37.9. The minimum atomic E-state index is -0.0432. The standard InChI is InChI=1S/C73H95N3O2S2/c1-3-5-7-9-11-13-15-17-19-21-23-25-27-29-31-33-38-58-44-48-60(49-45-58)72(77)62-54-66(75-68(56-62)70-42-36-52-79-70)64-40-35-41-65(74-64)67-55-63(57-69(76-67)71-43-37-53-80-71)73(78)61-50-46-59(47-51-61)39-34-32-30-28-26-24-22-20-18-16-14-12-10-8-6-4-2/h35-37,40-57H,3-34,38-39H2,1-2H3. The first-order valence-electron chi connectivity index (χ1n) is 31.9. The Morgan fingerprint density at radius 2 is 0.588 bits per heavy atom. The maximum absolute atomic E-state index is 14.3. The van der Waals surface area contributed by atoms with Gasteiger partial charge in [0.1, 0.15) is 0 Å². The molecular weight excluding hydrogens is 1010 g/mol. The Morgan fingerprint density at radius 3 is 0.887 bits per heavy atom. The number of thiophene rings is 2. The maximum Gasteiger partial charge on any atom is 0.193 e. The molecule has 0 spiro atoms. The molecule has 0 saturated heterocycles. The van der Waals surface area contributed by atoms with Crippen LogP contribution in [0.25, 0.3) is 43.9 Å². The predicted molar refractivity (Wildman–Crippen MR) is 344 cm³/mol. The number of carbonyl (C=O) groups is 2. The van der Waals surface area contributed by atoms with Gasteiger partial charge in [0, 0.05) is 22.3 Å². The largest absolute Gasteiger partial charge is 0.289 e. The average molecular weight is 1110 g/mol. The third-order valence-corrected chi connectivity index (χ3v) is 17.9. The van der Waals surface area contributed by atoms with Crippen LogP contribution >= 0.6 is 22.7 Å². The molecule has 7 aromatic rings. The Kier molecular flexibility index (Phi) is 28.7. The van der Waals surface area contributed by atoms with Crippen molar-refractivity contribution >= 4 is 34.2 Å². The van der Waals surface area contributed by atoms with Crippen LogP contribution in [0.4, 0.5) is 0 Å². The zero-order valence-electron chi connectivity index (χ0n) is 49.1. The van der Waals surface area contributed by atoms with E-state index in [9.17, 15) is 9.59 Å². The molecule has 0 atom stereocenters. The molecule has 426 valence electrons. The van der Waals surface area contributed by atoms with Gasteiger partial charge in [-0.1, -0.05) is 273 Å². The fraction of sp³-hybridized carbons (Fsp3) is 0.493. The Bertz CT molecular complexity index is 2610. The molecule has 0 aliphatic carbocycles. The minimum Gasteiger partial charge on any atom is -0.289 e. The summed E-state index contributed by atoms with van der Waals surface area (Å²) in [7, 11) is 0. The van der Waals surface area contributed by atoms with E-state index in [0.29, 0.717) is 45.0 Å². The summed E-state index contributed by atoms with van der Waals surface area (Å²) in [4.78, 5) is 45.9. The van der Waals surface area contributed by atoms with Crippen molar-refractivity contribution in [2.45, 2.75) is 232 Å². The van der Waals surface area contributed by atoms with Crippen LogP contribution in [0.15, 0.2) is 126 Å². The highest BCUT2D eigenvalue weighted by Crippen LogP contribution is 2.32. The second-order valence-corrected chi connectivity index (χ2v) is 24.7. The van der Waals surface area contributed by atoms with E-state index in [2.05, 4.69) is 38.1 Å². The fourth-order valence-electron chi connectivity index (χ4n) is 11.1. The molecule has 7 rings (SSSR count). The van der Waals surface area contributed by atoms with E-state index in [0.717, 1.165) is 34.0 Å². The van der Waals surface area contributed by atoms with E-state index in [-0.39, 0.29) is 11.6 Å². The molecular formula is C73H95N3O2S2. The van der Waals surface area contributed by atoms with Gasteiger partial charge in [-0.25, -0.2) is 15.0 Å². The topological polar surface area (TPSA) is 72.8 Å². The highest BCUT2D eigenvalue weighted by Gasteiger charge is 2.19. The SMILES string of the molecule is CCCCCCCCCCCCCCCCCCc1ccc(C(=O)c2cc(-c3cccc(-c4cc(C(=O)c5ccc(CCCCCCCCCCCCCCCCCC)cc5)cc(-c5cccs5)n4)n3)nc(-c3cccs3)c2)cc1. The smallest absolute Gasteiger partial charge is 0.193 e. The van der Waals surface area contributed by atoms with Crippen molar-refractivity contribution in [1.29, 1.82) is 0 Å². The van der Waals surface area contributed by atoms with Crippen LogP contribution in [-0.4, -0.2) is 26.5 Å². The Balaban J connectivity index is 0.913. The van der Waals surface area contributed by atoms with E-state index < -0.39 is 0 Å². The number of ketones is 2. The molecule has 5 heterocycles. The van der Waals surface area contributed by atoms with Gasteiger partial charge >= 0.3 is 0 Å². The van der Waals surface area contributed by atoms with Crippen molar-refractivity contribution in [3.63, 3.8) is 0 Å². The number of pyridine rings is 3. The number of unbranched alkanes of at least 4 members (excludes halogenated alkanes) is 30. The highest BCUT2D eigenvalue weighted by molar-refractivity contribution is 7.13. The van der Waals surface area contributed by atoms with Gasteiger partial charge in [-0.2, -0.15) is 0 Å². The average Bonchev–Trinajstić information content (AvgIpc) is 4.28. The molecule has 5 aromatic heterocycles. The zero-order chi connectivity index (χ0) is 55.7. The number of hydrogen-bond donors (Lipinski definition) is 0. The van der Waals surface area contributed by atoms with Crippen LogP contribution in [0.5, 0.6) is 0 Å². The van der Waals surface area contributed by atoms with E-state index in [4.69, 9.17) is 15.0 Å². The van der Waals surface area contributed by atoms with E-state index in [1.165, 1.54) is 217 Å². The maximum atomic E-state index is 14.3. The second kappa shape index (κ2) is 36.9. The summed E-state index contributed by atoms with van der Waals surface area (Å²) in [5.74, 6) is -0.0865. The number of rotatable bonds is 42. The molecule has 80 heavy (non-hydrogen) atoms. The van der Waals surface area contributed by atoms with Crippen LogP contribution < -0.4 is 0 Å². The summed E-state index contributed by atoms with van der Waals surface area (Å²) < 4.78 is 0. The lowest BCUT2D eigenvalue weighted by Crippen LogP contribution is -2.05. The van der Waals surface area contributed by atoms with E-state index >= 15 is 0 Å². The van der Waals surface area contributed by atoms with Crippen LogP contribution in [0.1, 0.15) is 262 Å². The number of aromatic nitrogens is 3. The van der Waals surface area contributed by atoms with E-state index in [1.807, 2.05) is 102 Å². The van der Waals surface area contributed by atoms with Crippen LogP contribution in [0.2, 0.25) is 0 Å². The lowest BCUT2D eigenvalue weighted by atomic mass is 9.98. The van der Waals surface area contributed by atoms with Gasteiger partial charge in [0.2, 0.25) is 0 Å². The summed E-state index contributed by atoms with van der Waals surface area (Å²) in [6.07, 6.45) is 45.8. The molecule has 0 saturated carbocycles. The molecule has 0 N–H and O–H groups in total. The normalized spacial score (nSPS) is 11.4. The molecule has 5 nitrogen and oxygen atoms in total. The summed E-state index contributed by atoms with van der Waals surface area (Å²) in [6.45, 7) is 4.58. The van der Waals surface area contributed by atoms with Crippen molar-refractivity contribution in [2.75, 3.05) is 0 Å². The molecule has 0 aliphatic heterocycles. The third kappa shape index (κ3) is 21.8. The minimum absolute atomic E-state index is 0.0432.